The molecule has 0 bridgehead atoms. The van der Waals surface area contributed by atoms with Crippen LogP contribution >= 0.6 is 0 Å². The molecular formula is C14H11F4NO2. The molecule has 3 rings (SSSR count). The van der Waals surface area contributed by atoms with Crippen molar-refractivity contribution >= 4 is 11.4 Å². The van der Waals surface area contributed by atoms with Crippen molar-refractivity contribution in [1.82, 2.24) is 5.32 Å². The normalized spacial score (nSPS) is 22.5. The average molecular weight is 301 g/mol. The van der Waals surface area contributed by atoms with E-state index >= 15 is 0 Å². The van der Waals surface area contributed by atoms with Gasteiger partial charge in [-0.1, -0.05) is 12.1 Å². The summed E-state index contributed by atoms with van der Waals surface area (Å²) in [5, 5.41) is 2.77. The highest BCUT2D eigenvalue weighted by atomic mass is 19.4. The SMILES string of the molecule is O=C1C(c2cccc(F)c2)=C(NC2CC2)OC1C(F)(F)F. The molecule has 21 heavy (non-hydrogen) atoms. The lowest BCUT2D eigenvalue weighted by Crippen LogP contribution is -2.35. The molecule has 0 aromatic heterocycles. The largest absolute Gasteiger partial charge is 0.457 e. The zero-order chi connectivity index (χ0) is 15.2. The first-order valence-corrected chi connectivity index (χ1v) is 6.40. The summed E-state index contributed by atoms with van der Waals surface area (Å²) in [6, 6.07) is 4.89. The van der Waals surface area contributed by atoms with E-state index < -0.39 is 23.9 Å². The summed E-state index contributed by atoms with van der Waals surface area (Å²) in [4.78, 5) is 12.0. The van der Waals surface area contributed by atoms with Gasteiger partial charge < -0.3 is 10.1 Å². The van der Waals surface area contributed by atoms with Crippen molar-refractivity contribution in [2.45, 2.75) is 31.2 Å². The van der Waals surface area contributed by atoms with Crippen LogP contribution in [0.5, 0.6) is 0 Å². The molecule has 2 aliphatic rings. The molecule has 1 N–H and O–H groups in total. The Labute approximate surface area is 117 Å². The quantitative estimate of drug-likeness (QED) is 0.873. The summed E-state index contributed by atoms with van der Waals surface area (Å²) in [6.07, 6.45) is -5.73. The summed E-state index contributed by atoms with van der Waals surface area (Å²) >= 11 is 0. The van der Waals surface area contributed by atoms with Gasteiger partial charge in [0.1, 0.15) is 5.82 Å². The number of rotatable bonds is 3. The lowest BCUT2D eigenvalue weighted by atomic mass is 10.0. The molecule has 1 aliphatic carbocycles. The molecule has 1 fully saturated rings. The molecule has 0 spiro atoms. The molecule has 1 aromatic carbocycles. The van der Waals surface area contributed by atoms with Crippen LogP contribution < -0.4 is 5.32 Å². The van der Waals surface area contributed by atoms with Crippen LogP contribution in [0, 0.1) is 5.82 Å². The van der Waals surface area contributed by atoms with Gasteiger partial charge in [0, 0.05) is 6.04 Å². The van der Waals surface area contributed by atoms with Gasteiger partial charge in [-0.15, -0.1) is 0 Å². The molecule has 1 aliphatic heterocycles. The summed E-state index contributed by atoms with van der Waals surface area (Å²) in [5.41, 5.74) is -0.168. The van der Waals surface area contributed by atoms with Crippen molar-refractivity contribution in [2.24, 2.45) is 0 Å². The highest BCUT2D eigenvalue weighted by Gasteiger charge is 2.53. The Kier molecular flexibility index (Phi) is 3.15. The van der Waals surface area contributed by atoms with Crippen molar-refractivity contribution in [2.75, 3.05) is 0 Å². The highest BCUT2D eigenvalue weighted by molar-refractivity contribution is 6.25. The third kappa shape index (κ3) is 2.72. The molecule has 0 amide bonds. The first kappa shape index (κ1) is 13.9. The summed E-state index contributed by atoms with van der Waals surface area (Å²) in [7, 11) is 0. The van der Waals surface area contributed by atoms with E-state index in [1.807, 2.05) is 0 Å². The minimum absolute atomic E-state index is 0.00310. The average Bonchev–Trinajstić information content (AvgIpc) is 3.11. The number of ketones is 1. The van der Waals surface area contributed by atoms with E-state index in [9.17, 15) is 22.4 Å². The van der Waals surface area contributed by atoms with Gasteiger partial charge in [-0.25, -0.2) is 4.39 Å². The Morgan fingerprint density at radius 3 is 2.52 bits per heavy atom. The number of carbonyl (C=O) groups is 1. The lowest BCUT2D eigenvalue weighted by Gasteiger charge is -2.15. The van der Waals surface area contributed by atoms with Gasteiger partial charge in [-0.05, 0) is 30.5 Å². The lowest BCUT2D eigenvalue weighted by molar-refractivity contribution is -0.202. The monoisotopic (exact) mass is 301 g/mol. The second-order valence-electron chi connectivity index (χ2n) is 5.04. The predicted molar refractivity (Wildman–Crippen MR) is 65.4 cm³/mol. The van der Waals surface area contributed by atoms with E-state index in [4.69, 9.17) is 4.74 Å². The fourth-order valence-corrected chi connectivity index (χ4v) is 2.13. The number of hydrogen-bond donors (Lipinski definition) is 1. The number of benzene rings is 1. The minimum atomic E-state index is -4.80. The van der Waals surface area contributed by atoms with Crippen molar-refractivity contribution < 1.29 is 27.1 Å². The van der Waals surface area contributed by atoms with Crippen molar-refractivity contribution in [1.29, 1.82) is 0 Å². The molecule has 1 saturated carbocycles. The fourth-order valence-electron chi connectivity index (χ4n) is 2.13. The van der Waals surface area contributed by atoms with Crippen LogP contribution in [-0.4, -0.2) is 24.1 Å². The van der Waals surface area contributed by atoms with Gasteiger partial charge in [0.25, 0.3) is 6.10 Å². The first-order valence-electron chi connectivity index (χ1n) is 6.40. The first-order chi connectivity index (χ1) is 9.86. The van der Waals surface area contributed by atoms with Crippen LogP contribution in [0.4, 0.5) is 17.6 Å². The van der Waals surface area contributed by atoms with E-state index in [1.165, 1.54) is 12.1 Å². The Morgan fingerprint density at radius 2 is 1.95 bits per heavy atom. The topological polar surface area (TPSA) is 38.3 Å². The van der Waals surface area contributed by atoms with Gasteiger partial charge >= 0.3 is 6.18 Å². The van der Waals surface area contributed by atoms with Gasteiger partial charge in [0.15, 0.2) is 5.88 Å². The third-order valence-electron chi connectivity index (χ3n) is 3.27. The third-order valence-corrected chi connectivity index (χ3v) is 3.27. The Balaban J connectivity index is 2.00. The van der Waals surface area contributed by atoms with Crippen molar-refractivity contribution in [3.8, 4) is 0 Å². The standard InChI is InChI=1S/C14H11F4NO2/c15-8-3-1-2-7(6-8)10-11(20)12(14(16,17)18)21-13(10)19-9-4-5-9/h1-3,6,9,12,19H,4-5H2. The number of halogens is 4. The fraction of sp³-hybridized carbons (Fsp3) is 0.357. The van der Waals surface area contributed by atoms with Crippen LogP contribution in [-0.2, 0) is 9.53 Å². The van der Waals surface area contributed by atoms with Crippen LogP contribution in [0.3, 0.4) is 0 Å². The van der Waals surface area contributed by atoms with E-state index in [1.54, 1.807) is 0 Å². The summed E-state index contributed by atoms with van der Waals surface area (Å²) in [5.74, 6) is -2.04. The number of Topliss-reactive ketones (excluding diaryl/α,β-unsaturated/α-hetero) is 1. The van der Waals surface area contributed by atoms with Crippen LogP contribution in [0.1, 0.15) is 18.4 Å². The van der Waals surface area contributed by atoms with Gasteiger partial charge in [-0.3, -0.25) is 4.79 Å². The summed E-state index contributed by atoms with van der Waals surface area (Å²) in [6.45, 7) is 0. The molecule has 7 heteroatoms. The van der Waals surface area contributed by atoms with Crippen molar-refractivity contribution in [3.63, 3.8) is 0 Å². The molecular weight excluding hydrogens is 290 g/mol. The van der Waals surface area contributed by atoms with Crippen molar-refractivity contribution in [3.05, 3.63) is 41.5 Å². The van der Waals surface area contributed by atoms with E-state index in [2.05, 4.69) is 5.32 Å². The molecule has 3 nitrogen and oxygen atoms in total. The number of hydrogen-bond acceptors (Lipinski definition) is 3. The maximum Gasteiger partial charge on any atom is 0.433 e. The zero-order valence-electron chi connectivity index (χ0n) is 10.7. The maximum atomic E-state index is 13.3. The number of carbonyl (C=O) groups excluding carboxylic acids is 1. The van der Waals surface area contributed by atoms with Gasteiger partial charge in [-0.2, -0.15) is 13.2 Å². The van der Waals surface area contributed by atoms with Crippen LogP contribution in [0.25, 0.3) is 5.57 Å². The molecule has 0 radical (unpaired) electrons. The Bertz CT molecular complexity index is 620. The van der Waals surface area contributed by atoms with Crippen LogP contribution in [0.2, 0.25) is 0 Å². The number of nitrogens with one attached hydrogen (secondary N) is 1. The second-order valence-corrected chi connectivity index (χ2v) is 5.04. The van der Waals surface area contributed by atoms with Gasteiger partial charge in [0.2, 0.25) is 5.78 Å². The molecule has 112 valence electrons. The molecule has 1 aromatic rings. The number of alkyl halides is 3. The second kappa shape index (κ2) is 4.75. The zero-order valence-corrected chi connectivity index (χ0v) is 10.7. The van der Waals surface area contributed by atoms with Crippen LogP contribution in [0.15, 0.2) is 30.1 Å². The Morgan fingerprint density at radius 1 is 1.24 bits per heavy atom. The van der Waals surface area contributed by atoms with Gasteiger partial charge in [0.05, 0.1) is 5.57 Å². The number of ether oxygens (including phenoxy) is 1. The maximum absolute atomic E-state index is 13.3. The minimum Gasteiger partial charge on any atom is -0.457 e. The smallest absolute Gasteiger partial charge is 0.433 e. The van der Waals surface area contributed by atoms with E-state index in [-0.39, 0.29) is 23.1 Å². The predicted octanol–water partition coefficient (Wildman–Crippen LogP) is 2.78. The highest BCUT2D eigenvalue weighted by Crippen LogP contribution is 2.38. The molecule has 1 unspecified atom stereocenters. The Hall–Kier alpha value is -2.05. The molecule has 0 saturated heterocycles. The molecule has 1 heterocycles. The van der Waals surface area contributed by atoms with E-state index in [0.717, 1.165) is 25.0 Å². The molecule has 1 atom stereocenters. The summed E-state index contributed by atoms with van der Waals surface area (Å²) < 4.78 is 56.5. The van der Waals surface area contributed by atoms with E-state index in [0.29, 0.717) is 0 Å².